The lowest BCUT2D eigenvalue weighted by molar-refractivity contribution is -0.116. The van der Waals surface area contributed by atoms with Gasteiger partial charge in [-0.05, 0) is 62.4 Å². The van der Waals surface area contributed by atoms with Crippen molar-refractivity contribution in [1.29, 1.82) is 0 Å². The number of carbonyl (C=O) groups is 1. The predicted octanol–water partition coefficient (Wildman–Crippen LogP) is 3.64. The van der Waals surface area contributed by atoms with Gasteiger partial charge >= 0.3 is 0 Å². The molecule has 1 unspecified atom stereocenters. The van der Waals surface area contributed by atoms with Crippen LogP contribution in [0.4, 0.5) is 11.4 Å². The van der Waals surface area contributed by atoms with Crippen LogP contribution in [-0.4, -0.2) is 33.2 Å². The number of anilines is 2. The Labute approximate surface area is 162 Å². The maximum Gasteiger partial charge on any atom is 0.247 e. The second-order valence-electron chi connectivity index (χ2n) is 5.66. The van der Waals surface area contributed by atoms with Gasteiger partial charge in [0, 0.05) is 10.2 Å². The molecule has 0 aliphatic rings. The summed E-state index contributed by atoms with van der Waals surface area (Å²) in [5.41, 5.74) is 0.986. The molecule has 8 heteroatoms. The van der Waals surface area contributed by atoms with Crippen LogP contribution in [0, 0.1) is 0 Å². The minimum Gasteiger partial charge on any atom is -0.494 e. The molecule has 0 fully saturated rings. The minimum atomic E-state index is -3.66. The first-order chi connectivity index (χ1) is 12.2. The molecule has 2 aromatic rings. The maximum atomic E-state index is 12.6. The number of ether oxygens (including phenoxy) is 1. The van der Waals surface area contributed by atoms with Gasteiger partial charge < -0.3 is 10.1 Å². The lowest BCUT2D eigenvalue weighted by Gasteiger charge is -2.28. The Bertz CT molecular complexity index is 852. The summed E-state index contributed by atoms with van der Waals surface area (Å²) in [5, 5.41) is 2.73. The molecule has 1 amide bonds. The summed E-state index contributed by atoms with van der Waals surface area (Å²) >= 11 is 3.33. The quantitative estimate of drug-likeness (QED) is 0.712. The highest BCUT2D eigenvalue weighted by molar-refractivity contribution is 9.10. The van der Waals surface area contributed by atoms with Crippen molar-refractivity contribution in [3.05, 3.63) is 53.0 Å². The normalized spacial score (nSPS) is 12.3. The van der Waals surface area contributed by atoms with Gasteiger partial charge in [0.2, 0.25) is 15.9 Å². The highest BCUT2D eigenvalue weighted by atomic mass is 79.9. The van der Waals surface area contributed by atoms with Gasteiger partial charge in [0.1, 0.15) is 11.8 Å². The zero-order valence-electron chi connectivity index (χ0n) is 14.8. The molecule has 1 atom stereocenters. The van der Waals surface area contributed by atoms with Crippen molar-refractivity contribution in [2.75, 3.05) is 22.5 Å². The topological polar surface area (TPSA) is 75.7 Å². The fraction of sp³-hybridized carbons (Fsp3) is 0.278. The summed E-state index contributed by atoms with van der Waals surface area (Å²) in [6.45, 7) is 3.93. The molecule has 6 nitrogen and oxygen atoms in total. The highest BCUT2D eigenvalue weighted by Crippen LogP contribution is 2.24. The van der Waals surface area contributed by atoms with Crippen molar-refractivity contribution in [2.45, 2.75) is 19.9 Å². The van der Waals surface area contributed by atoms with Crippen LogP contribution in [-0.2, 0) is 14.8 Å². The standard InChI is InChI=1S/C18H21BrN2O4S/c1-4-25-17-11-9-16(10-12-17)21(26(3,23)24)13(2)18(22)20-15-7-5-14(19)6-8-15/h5-13H,4H2,1-3H3,(H,20,22). The summed E-state index contributed by atoms with van der Waals surface area (Å²) in [6.07, 6.45) is 1.08. The third kappa shape index (κ3) is 5.22. The number of hydrogen-bond donors (Lipinski definition) is 1. The number of rotatable bonds is 7. The maximum absolute atomic E-state index is 12.6. The molecule has 2 rings (SSSR count). The Kier molecular flexibility index (Phi) is 6.66. The number of amides is 1. The van der Waals surface area contributed by atoms with E-state index in [0.717, 1.165) is 15.0 Å². The molecule has 140 valence electrons. The number of benzene rings is 2. The summed E-state index contributed by atoms with van der Waals surface area (Å²) < 4.78 is 31.9. The van der Waals surface area contributed by atoms with Gasteiger partial charge in [0.15, 0.2) is 0 Å². The number of nitrogens with one attached hydrogen (secondary N) is 1. The van der Waals surface area contributed by atoms with Crippen LogP contribution < -0.4 is 14.4 Å². The Balaban J connectivity index is 2.25. The molecule has 0 radical (unpaired) electrons. The molecule has 2 aromatic carbocycles. The molecule has 0 aromatic heterocycles. The molecule has 1 N–H and O–H groups in total. The molecule has 0 saturated heterocycles. The Morgan fingerprint density at radius 2 is 1.73 bits per heavy atom. The van der Waals surface area contributed by atoms with Gasteiger partial charge in [-0.25, -0.2) is 8.42 Å². The van der Waals surface area contributed by atoms with Gasteiger partial charge in [0.05, 0.1) is 18.6 Å². The third-order valence-electron chi connectivity index (χ3n) is 3.60. The third-order valence-corrected chi connectivity index (χ3v) is 5.37. The fourth-order valence-electron chi connectivity index (χ4n) is 2.44. The van der Waals surface area contributed by atoms with Gasteiger partial charge in [-0.2, -0.15) is 0 Å². The first-order valence-corrected chi connectivity index (χ1v) is 10.6. The number of halogens is 1. The zero-order chi connectivity index (χ0) is 19.3. The summed E-state index contributed by atoms with van der Waals surface area (Å²) in [7, 11) is -3.66. The van der Waals surface area contributed by atoms with E-state index >= 15 is 0 Å². The number of nitrogens with zero attached hydrogens (tertiary/aromatic N) is 1. The van der Waals surface area contributed by atoms with E-state index < -0.39 is 22.0 Å². The lowest BCUT2D eigenvalue weighted by atomic mass is 10.2. The van der Waals surface area contributed by atoms with Gasteiger partial charge in [-0.15, -0.1) is 0 Å². The van der Waals surface area contributed by atoms with E-state index in [9.17, 15) is 13.2 Å². The minimum absolute atomic E-state index is 0.398. The van der Waals surface area contributed by atoms with Crippen LogP contribution in [0.1, 0.15) is 13.8 Å². The van der Waals surface area contributed by atoms with Crippen LogP contribution in [0.15, 0.2) is 53.0 Å². The van der Waals surface area contributed by atoms with Crippen molar-refractivity contribution < 1.29 is 17.9 Å². The predicted molar refractivity (Wildman–Crippen MR) is 107 cm³/mol. The van der Waals surface area contributed by atoms with Crippen LogP contribution >= 0.6 is 15.9 Å². The van der Waals surface area contributed by atoms with Crippen LogP contribution in [0.5, 0.6) is 5.75 Å². The Hall–Kier alpha value is -2.06. The van der Waals surface area contributed by atoms with Gasteiger partial charge in [0.25, 0.3) is 0 Å². The SMILES string of the molecule is CCOc1ccc(N(C(C)C(=O)Nc2ccc(Br)cc2)S(C)(=O)=O)cc1. The van der Waals surface area contributed by atoms with Crippen molar-refractivity contribution in [3.8, 4) is 5.75 Å². The highest BCUT2D eigenvalue weighted by Gasteiger charge is 2.29. The Morgan fingerprint density at radius 3 is 2.23 bits per heavy atom. The largest absolute Gasteiger partial charge is 0.494 e. The molecule has 0 spiro atoms. The summed E-state index contributed by atoms with van der Waals surface area (Å²) in [4.78, 5) is 12.6. The van der Waals surface area contributed by atoms with E-state index in [4.69, 9.17) is 4.74 Å². The van der Waals surface area contributed by atoms with E-state index in [0.29, 0.717) is 23.7 Å². The molecular weight excluding hydrogens is 420 g/mol. The number of carbonyl (C=O) groups excluding carboxylic acids is 1. The van der Waals surface area contributed by atoms with Gasteiger partial charge in [-0.3, -0.25) is 9.10 Å². The average molecular weight is 441 g/mol. The molecule has 0 heterocycles. The van der Waals surface area contributed by atoms with Gasteiger partial charge in [-0.1, -0.05) is 15.9 Å². The first kappa shape index (κ1) is 20.3. The molecule has 0 bridgehead atoms. The lowest BCUT2D eigenvalue weighted by Crippen LogP contribution is -2.45. The molecule has 0 aliphatic carbocycles. The van der Waals surface area contributed by atoms with Crippen molar-refractivity contribution in [1.82, 2.24) is 0 Å². The molecule has 0 aliphatic heterocycles. The summed E-state index contributed by atoms with van der Waals surface area (Å²) in [6, 6.07) is 12.7. The molecule has 0 saturated carbocycles. The van der Waals surface area contributed by atoms with Crippen LogP contribution in [0.25, 0.3) is 0 Å². The molecular formula is C18H21BrN2O4S. The number of hydrogen-bond acceptors (Lipinski definition) is 4. The van der Waals surface area contributed by atoms with Crippen LogP contribution in [0.3, 0.4) is 0 Å². The van der Waals surface area contributed by atoms with Crippen LogP contribution in [0.2, 0.25) is 0 Å². The van der Waals surface area contributed by atoms with Crippen molar-refractivity contribution >= 4 is 43.2 Å². The second kappa shape index (κ2) is 8.55. The first-order valence-electron chi connectivity index (χ1n) is 8.01. The smallest absolute Gasteiger partial charge is 0.247 e. The second-order valence-corrected chi connectivity index (χ2v) is 8.43. The summed E-state index contributed by atoms with van der Waals surface area (Å²) in [5.74, 6) is 0.211. The fourth-order valence-corrected chi connectivity index (χ4v) is 3.88. The van der Waals surface area contributed by atoms with Crippen molar-refractivity contribution in [2.24, 2.45) is 0 Å². The number of sulfonamides is 1. The zero-order valence-corrected chi connectivity index (χ0v) is 17.2. The molecule has 26 heavy (non-hydrogen) atoms. The van der Waals surface area contributed by atoms with E-state index in [1.807, 2.05) is 6.92 Å². The average Bonchev–Trinajstić information content (AvgIpc) is 2.57. The van der Waals surface area contributed by atoms with E-state index in [1.165, 1.54) is 0 Å². The van der Waals surface area contributed by atoms with E-state index in [1.54, 1.807) is 55.5 Å². The van der Waals surface area contributed by atoms with Crippen molar-refractivity contribution in [3.63, 3.8) is 0 Å². The van der Waals surface area contributed by atoms with E-state index in [-0.39, 0.29) is 0 Å². The monoisotopic (exact) mass is 440 g/mol. The van der Waals surface area contributed by atoms with E-state index in [2.05, 4.69) is 21.2 Å². The Morgan fingerprint density at radius 1 is 1.15 bits per heavy atom.